The molecule has 4 heteroatoms. The van der Waals surface area contributed by atoms with Gasteiger partial charge in [0, 0.05) is 31.4 Å². The van der Waals surface area contributed by atoms with Crippen LogP contribution in [-0.4, -0.2) is 18.1 Å². The minimum Gasteiger partial charge on any atom is -0.465 e. The molecule has 0 aliphatic carbocycles. The molecule has 108 valence electrons. The third-order valence-corrected chi connectivity index (χ3v) is 3.34. The highest BCUT2D eigenvalue weighted by Gasteiger charge is 2.09. The van der Waals surface area contributed by atoms with Crippen LogP contribution in [0.25, 0.3) is 0 Å². The van der Waals surface area contributed by atoms with Crippen molar-refractivity contribution in [3.05, 3.63) is 47.5 Å². The minimum atomic E-state index is 0.737. The maximum Gasteiger partial charge on any atom is 0.132 e. The Morgan fingerprint density at radius 1 is 1.15 bits per heavy atom. The maximum atomic E-state index is 5.55. The first-order chi connectivity index (χ1) is 9.74. The van der Waals surface area contributed by atoms with Gasteiger partial charge in [0.05, 0.1) is 6.54 Å². The summed E-state index contributed by atoms with van der Waals surface area (Å²) < 4.78 is 5.55. The number of hydrogen-bond acceptors (Lipinski definition) is 4. The summed E-state index contributed by atoms with van der Waals surface area (Å²) in [6.07, 6.45) is 1.85. The van der Waals surface area contributed by atoms with Crippen molar-refractivity contribution in [2.24, 2.45) is 0 Å². The molecular weight excluding hydrogens is 250 g/mol. The highest BCUT2D eigenvalue weighted by atomic mass is 16.3. The number of nitrogens with one attached hydrogen (secondary N) is 1. The molecule has 2 aromatic rings. The smallest absolute Gasteiger partial charge is 0.132 e. The Hall–Kier alpha value is -1.81. The van der Waals surface area contributed by atoms with E-state index in [2.05, 4.69) is 35.1 Å². The molecule has 2 rings (SSSR count). The van der Waals surface area contributed by atoms with Gasteiger partial charge in [-0.25, -0.2) is 4.98 Å². The van der Waals surface area contributed by atoms with E-state index >= 15 is 0 Å². The van der Waals surface area contributed by atoms with Crippen molar-refractivity contribution in [3.8, 4) is 0 Å². The normalized spacial score (nSPS) is 10.8. The Morgan fingerprint density at radius 3 is 2.60 bits per heavy atom. The summed E-state index contributed by atoms with van der Waals surface area (Å²) in [5, 5.41) is 3.41. The van der Waals surface area contributed by atoms with E-state index in [1.807, 2.05) is 31.3 Å². The summed E-state index contributed by atoms with van der Waals surface area (Å²) in [7, 11) is 0. The van der Waals surface area contributed by atoms with Crippen molar-refractivity contribution in [1.29, 1.82) is 0 Å². The second-order valence-corrected chi connectivity index (χ2v) is 4.77. The van der Waals surface area contributed by atoms with Gasteiger partial charge in [-0.3, -0.25) is 0 Å². The monoisotopic (exact) mass is 273 g/mol. The number of furan rings is 1. The van der Waals surface area contributed by atoms with E-state index in [4.69, 9.17) is 4.42 Å². The van der Waals surface area contributed by atoms with Gasteiger partial charge in [-0.2, -0.15) is 0 Å². The van der Waals surface area contributed by atoms with Crippen molar-refractivity contribution >= 4 is 5.82 Å². The molecule has 0 fully saturated rings. The fourth-order valence-corrected chi connectivity index (χ4v) is 2.28. The van der Waals surface area contributed by atoms with E-state index in [0.717, 1.165) is 43.5 Å². The van der Waals surface area contributed by atoms with E-state index in [1.54, 1.807) is 0 Å². The van der Waals surface area contributed by atoms with Crippen LogP contribution in [0.5, 0.6) is 0 Å². The third kappa shape index (κ3) is 3.61. The Morgan fingerprint density at radius 2 is 1.95 bits per heavy atom. The van der Waals surface area contributed by atoms with Crippen LogP contribution in [-0.2, 0) is 13.1 Å². The van der Waals surface area contributed by atoms with Crippen molar-refractivity contribution in [2.75, 3.05) is 18.0 Å². The molecule has 0 radical (unpaired) electrons. The average molecular weight is 273 g/mol. The molecule has 4 nitrogen and oxygen atoms in total. The third-order valence-electron chi connectivity index (χ3n) is 3.34. The van der Waals surface area contributed by atoms with Crippen LogP contribution in [0.3, 0.4) is 0 Å². The molecular formula is C16H23N3O. The number of rotatable bonds is 7. The van der Waals surface area contributed by atoms with Gasteiger partial charge in [0.2, 0.25) is 0 Å². The number of hydrogen-bond donors (Lipinski definition) is 1. The lowest BCUT2D eigenvalue weighted by molar-refractivity contribution is 0.461. The summed E-state index contributed by atoms with van der Waals surface area (Å²) in [6.45, 7) is 9.74. The predicted molar refractivity (Wildman–Crippen MR) is 81.8 cm³/mol. The maximum absolute atomic E-state index is 5.55. The molecule has 0 amide bonds. The number of nitrogens with zero attached hydrogens (tertiary/aromatic N) is 2. The van der Waals surface area contributed by atoms with Crippen LogP contribution in [0.4, 0.5) is 5.82 Å². The fourth-order valence-electron chi connectivity index (χ4n) is 2.28. The Balaban J connectivity index is 1.98. The first-order valence-electron chi connectivity index (χ1n) is 7.19. The first kappa shape index (κ1) is 14.6. The van der Waals surface area contributed by atoms with Gasteiger partial charge in [0.15, 0.2) is 0 Å². The van der Waals surface area contributed by atoms with E-state index in [9.17, 15) is 0 Å². The Bertz CT molecular complexity index is 532. The van der Waals surface area contributed by atoms with Crippen LogP contribution < -0.4 is 10.2 Å². The standard InChI is InChI=1S/C16H23N3O/c1-4-19(5-2)16-14(7-6-10-18-16)11-17-12-15-9-8-13(3)20-15/h6-10,17H,4-5,11-12H2,1-3H3. The van der Waals surface area contributed by atoms with Crippen LogP contribution in [0.2, 0.25) is 0 Å². The molecule has 0 saturated heterocycles. The molecule has 0 aromatic carbocycles. The molecule has 2 heterocycles. The van der Waals surface area contributed by atoms with Gasteiger partial charge in [-0.05, 0) is 39.0 Å². The fraction of sp³-hybridized carbons (Fsp3) is 0.438. The molecule has 0 saturated carbocycles. The molecule has 0 aliphatic heterocycles. The van der Waals surface area contributed by atoms with E-state index in [-0.39, 0.29) is 0 Å². The average Bonchev–Trinajstić information content (AvgIpc) is 2.87. The summed E-state index contributed by atoms with van der Waals surface area (Å²) in [4.78, 5) is 6.78. The highest BCUT2D eigenvalue weighted by molar-refractivity contribution is 5.46. The van der Waals surface area contributed by atoms with Crippen LogP contribution in [0.1, 0.15) is 30.9 Å². The van der Waals surface area contributed by atoms with Crippen LogP contribution >= 0.6 is 0 Å². The molecule has 0 bridgehead atoms. The lowest BCUT2D eigenvalue weighted by Crippen LogP contribution is -2.25. The van der Waals surface area contributed by atoms with Crippen molar-refractivity contribution in [3.63, 3.8) is 0 Å². The Kier molecular flexibility index (Phi) is 5.18. The van der Waals surface area contributed by atoms with E-state index in [1.165, 1.54) is 5.56 Å². The number of pyridine rings is 1. The quantitative estimate of drug-likeness (QED) is 0.841. The molecule has 0 atom stereocenters. The molecule has 0 aliphatic rings. The van der Waals surface area contributed by atoms with E-state index in [0.29, 0.717) is 0 Å². The lowest BCUT2D eigenvalue weighted by atomic mass is 10.2. The summed E-state index contributed by atoms with van der Waals surface area (Å²) in [5.41, 5.74) is 1.22. The predicted octanol–water partition coefficient (Wildman–Crippen LogP) is 3.12. The van der Waals surface area contributed by atoms with Gasteiger partial charge in [-0.15, -0.1) is 0 Å². The zero-order valence-corrected chi connectivity index (χ0v) is 12.5. The van der Waals surface area contributed by atoms with Crippen molar-refractivity contribution < 1.29 is 4.42 Å². The Labute approximate surface area is 120 Å². The molecule has 2 aromatic heterocycles. The highest BCUT2D eigenvalue weighted by Crippen LogP contribution is 2.16. The molecule has 0 spiro atoms. The van der Waals surface area contributed by atoms with Gasteiger partial charge < -0.3 is 14.6 Å². The summed E-state index contributed by atoms with van der Waals surface area (Å²) in [6, 6.07) is 8.11. The molecule has 0 unspecified atom stereocenters. The SMILES string of the molecule is CCN(CC)c1ncccc1CNCc1ccc(C)o1. The van der Waals surface area contributed by atoms with Crippen molar-refractivity contribution in [1.82, 2.24) is 10.3 Å². The number of aromatic nitrogens is 1. The largest absolute Gasteiger partial charge is 0.465 e. The number of anilines is 1. The van der Waals surface area contributed by atoms with E-state index < -0.39 is 0 Å². The van der Waals surface area contributed by atoms with Gasteiger partial charge in [0.25, 0.3) is 0 Å². The lowest BCUT2D eigenvalue weighted by Gasteiger charge is -2.22. The van der Waals surface area contributed by atoms with Crippen LogP contribution in [0, 0.1) is 6.92 Å². The van der Waals surface area contributed by atoms with Crippen molar-refractivity contribution in [2.45, 2.75) is 33.9 Å². The first-order valence-corrected chi connectivity index (χ1v) is 7.19. The second kappa shape index (κ2) is 7.10. The van der Waals surface area contributed by atoms with Crippen LogP contribution in [0.15, 0.2) is 34.9 Å². The molecule has 1 N–H and O–H groups in total. The van der Waals surface area contributed by atoms with Gasteiger partial charge >= 0.3 is 0 Å². The zero-order valence-electron chi connectivity index (χ0n) is 12.5. The summed E-state index contributed by atoms with van der Waals surface area (Å²) >= 11 is 0. The topological polar surface area (TPSA) is 41.3 Å². The minimum absolute atomic E-state index is 0.737. The van der Waals surface area contributed by atoms with Gasteiger partial charge in [0.1, 0.15) is 17.3 Å². The molecule has 20 heavy (non-hydrogen) atoms. The van der Waals surface area contributed by atoms with Gasteiger partial charge in [-0.1, -0.05) is 6.07 Å². The summed E-state index contributed by atoms with van der Waals surface area (Å²) in [5.74, 6) is 2.99. The number of aryl methyl sites for hydroxylation is 1. The second-order valence-electron chi connectivity index (χ2n) is 4.77. The zero-order chi connectivity index (χ0) is 14.4.